The highest BCUT2D eigenvalue weighted by molar-refractivity contribution is 5.97. The number of piperazine rings is 1. The van der Waals surface area contributed by atoms with E-state index in [9.17, 15) is 9.59 Å². The maximum atomic E-state index is 12.7. The van der Waals surface area contributed by atoms with Gasteiger partial charge in [0.05, 0.1) is 0 Å². The normalized spacial score (nSPS) is 25.9. The molecule has 2 aliphatic rings. The number of pyridine rings is 1. The summed E-state index contributed by atoms with van der Waals surface area (Å²) in [6.07, 6.45) is 4.49. The van der Waals surface area contributed by atoms with Crippen molar-refractivity contribution < 1.29 is 9.59 Å². The van der Waals surface area contributed by atoms with Gasteiger partial charge in [0, 0.05) is 18.4 Å². The predicted molar refractivity (Wildman–Crippen MR) is 78.3 cm³/mol. The van der Waals surface area contributed by atoms with Crippen molar-refractivity contribution >= 4 is 11.8 Å². The minimum Gasteiger partial charge on any atom is -0.342 e. The molecule has 0 spiro atoms. The summed E-state index contributed by atoms with van der Waals surface area (Å²) in [5.41, 5.74) is 1.92. The van der Waals surface area contributed by atoms with E-state index in [2.05, 4.69) is 10.3 Å². The molecule has 2 atom stereocenters. The van der Waals surface area contributed by atoms with Crippen LogP contribution in [0.25, 0.3) is 0 Å². The Labute approximate surface area is 124 Å². The average Bonchev–Trinajstić information content (AvgIpc) is 3.29. The van der Waals surface area contributed by atoms with Crippen molar-refractivity contribution in [3.63, 3.8) is 0 Å². The van der Waals surface area contributed by atoms with E-state index in [-0.39, 0.29) is 23.9 Å². The standard InChI is InChI=1S/C16H21N3O2/c1-3-13-15(20)18-14(12-6-7-12)16(21)19(13)9-11-5-4-10(2)17-8-11/h4-5,8,12-14H,3,6-7,9H2,1-2H3,(H,18,20). The maximum absolute atomic E-state index is 12.7. The van der Waals surface area contributed by atoms with Gasteiger partial charge in [0.25, 0.3) is 0 Å². The second kappa shape index (κ2) is 5.47. The van der Waals surface area contributed by atoms with Crippen molar-refractivity contribution in [3.05, 3.63) is 29.6 Å². The molecule has 112 valence electrons. The molecule has 1 saturated carbocycles. The molecule has 5 nitrogen and oxygen atoms in total. The molecule has 2 fully saturated rings. The van der Waals surface area contributed by atoms with E-state index >= 15 is 0 Å². The molecule has 2 amide bonds. The zero-order valence-electron chi connectivity index (χ0n) is 12.5. The van der Waals surface area contributed by atoms with Gasteiger partial charge in [-0.3, -0.25) is 14.6 Å². The summed E-state index contributed by atoms with van der Waals surface area (Å²) in [5.74, 6) is 0.372. The fraction of sp³-hybridized carbons (Fsp3) is 0.562. The molecule has 1 saturated heterocycles. The van der Waals surface area contributed by atoms with Crippen molar-refractivity contribution in [1.29, 1.82) is 0 Å². The summed E-state index contributed by atoms with van der Waals surface area (Å²) in [6.45, 7) is 4.33. The summed E-state index contributed by atoms with van der Waals surface area (Å²) in [6, 6.07) is 3.22. The molecular weight excluding hydrogens is 266 g/mol. The van der Waals surface area contributed by atoms with Gasteiger partial charge < -0.3 is 10.2 Å². The van der Waals surface area contributed by atoms with Gasteiger partial charge in [0.15, 0.2) is 0 Å². The Hall–Kier alpha value is -1.91. The highest BCUT2D eigenvalue weighted by atomic mass is 16.2. The van der Waals surface area contributed by atoms with Crippen molar-refractivity contribution in [2.24, 2.45) is 5.92 Å². The largest absolute Gasteiger partial charge is 0.342 e. The van der Waals surface area contributed by atoms with Crippen LogP contribution in [0.1, 0.15) is 37.4 Å². The molecule has 1 N–H and O–H groups in total. The van der Waals surface area contributed by atoms with Gasteiger partial charge in [-0.15, -0.1) is 0 Å². The summed E-state index contributed by atoms with van der Waals surface area (Å²) in [7, 11) is 0. The van der Waals surface area contributed by atoms with E-state index in [0.717, 1.165) is 24.1 Å². The lowest BCUT2D eigenvalue weighted by atomic mass is 10.0. The van der Waals surface area contributed by atoms with Crippen LogP contribution in [0.5, 0.6) is 0 Å². The number of nitrogens with zero attached hydrogens (tertiary/aromatic N) is 2. The summed E-state index contributed by atoms with van der Waals surface area (Å²) in [4.78, 5) is 30.9. The van der Waals surface area contributed by atoms with E-state index < -0.39 is 0 Å². The quantitative estimate of drug-likeness (QED) is 0.910. The lowest BCUT2D eigenvalue weighted by Gasteiger charge is -2.38. The van der Waals surface area contributed by atoms with E-state index in [1.807, 2.05) is 26.0 Å². The Morgan fingerprint density at radius 1 is 1.33 bits per heavy atom. The first kappa shape index (κ1) is 14.0. The molecule has 5 heteroatoms. The van der Waals surface area contributed by atoms with E-state index in [0.29, 0.717) is 18.9 Å². The van der Waals surface area contributed by atoms with Crippen molar-refractivity contribution in [2.75, 3.05) is 0 Å². The van der Waals surface area contributed by atoms with Crippen LogP contribution >= 0.6 is 0 Å². The second-order valence-electron chi connectivity index (χ2n) is 6.02. The minimum absolute atomic E-state index is 0.0194. The van der Waals surface area contributed by atoms with Crippen LogP contribution in [0.15, 0.2) is 18.3 Å². The minimum atomic E-state index is -0.367. The molecule has 1 aliphatic carbocycles. The zero-order chi connectivity index (χ0) is 15.0. The Balaban J connectivity index is 1.82. The van der Waals surface area contributed by atoms with Crippen LogP contribution in [0, 0.1) is 12.8 Å². The Morgan fingerprint density at radius 2 is 2.10 bits per heavy atom. The van der Waals surface area contributed by atoms with Gasteiger partial charge >= 0.3 is 0 Å². The topological polar surface area (TPSA) is 62.3 Å². The van der Waals surface area contributed by atoms with Crippen LogP contribution in [-0.4, -0.2) is 33.8 Å². The van der Waals surface area contributed by atoms with Crippen LogP contribution < -0.4 is 5.32 Å². The summed E-state index contributed by atoms with van der Waals surface area (Å²) >= 11 is 0. The molecule has 21 heavy (non-hydrogen) atoms. The second-order valence-corrected chi connectivity index (χ2v) is 6.02. The molecular formula is C16H21N3O2. The van der Waals surface area contributed by atoms with Gasteiger partial charge in [-0.2, -0.15) is 0 Å². The van der Waals surface area contributed by atoms with Gasteiger partial charge in [0.1, 0.15) is 12.1 Å². The van der Waals surface area contributed by atoms with Gasteiger partial charge in [0.2, 0.25) is 11.8 Å². The van der Waals surface area contributed by atoms with Gasteiger partial charge in [-0.05, 0) is 43.7 Å². The molecule has 1 aliphatic heterocycles. The van der Waals surface area contributed by atoms with Crippen LogP contribution in [0.4, 0.5) is 0 Å². The number of nitrogens with one attached hydrogen (secondary N) is 1. The zero-order valence-corrected chi connectivity index (χ0v) is 12.5. The summed E-state index contributed by atoms with van der Waals surface area (Å²) in [5, 5.41) is 2.91. The van der Waals surface area contributed by atoms with Crippen molar-refractivity contribution in [1.82, 2.24) is 15.2 Å². The molecule has 2 heterocycles. The fourth-order valence-corrected chi connectivity index (χ4v) is 2.92. The molecule has 0 aromatic carbocycles. The number of hydrogen-bond acceptors (Lipinski definition) is 3. The lowest BCUT2D eigenvalue weighted by molar-refractivity contribution is -0.150. The lowest BCUT2D eigenvalue weighted by Crippen LogP contribution is -2.63. The molecule has 3 rings (SSSR count). The number of hydrogen-bond donors (Lipinski definition) is 1. The number of aromatic nitrogens is 1. The van der Waals surface area contributed by atoms with Crippen molar-refractivity contribution in [2.45, 2.75) is 51.7 Å². The van der Waals surface area contributed by atoms with Crippen molar-refractivity contribution in [3.8, 4) is 0 Å². The van der Waals surface area contributed by atoms with Gasteiger partial charge in [-0.1, -0.05) is 13.0 Å². The average molecular weight is 287 g/mol. The van der Waals surface area contributed by atoms with Crippen LogP contribution in [-0.2, 0) is 16.1 Å². The third kappa shape index (κ3) is 2.77. The number of aryl methyl sites for hydroxylation is 1. The van der Waals surface area contributed by atoms with Gasteiger partial charge in [-0.25, -0.2) is 0 Å². The number of amides is 2. The predicted octanol–water partition coefficient (Wildman–Crippen LogP) is 1.41. The van der Waals surface area contributed by atoms with E-state index in [1.54, 1.807) is 11.1 Å². The number of carbonyl (C=O) groups is 2. The van der Waals surface area contributed by atoms with E-state index in [4.69, 9.17) is 0 Å². The Morgan fingerprint density at radius 3 is 2.67 bits per heavy atom. The first-order valence-corrected chi connectivity index (χ1v) is 7.62. The summed E-state index contributed by atoms with van der Waals surface area (Å²) < 4.78 is 0. The fourth-order valence-electron chi connectivity index (χ4n) is 2.92. The van der Waals surface area contributed by atoms with Crippen LogP contribution in [0.2, 0.25) is 0 Å². The molecule has 0 radical (unpaired) electrons. The molecule has 0 bridgehead atoms. The third-order valence-corrected chi connectivity index (χ3v) is 4.33. The van der Waals surface area contributed by atoms with E-state index in [1.165, 1.54) is 0 Å². The Kier molecular flexibility index (Phi) is 3.66. The number of rotatable bonds is 4. The third-order valence-electron chi connectivity index (χ3n) is 4.33. The smallest absolute Gasteiger partial charge is 0.246 e. The highest BCUT2D eigenvalue weighted by Crippen LogP contribution is 2.35. The first-order chi connectivity index (χ1) is 10.1. The molecule has 1 aromatic rings. The molecule has 1 aromatic heterocycles. The first-order valence-electron chi connectivity index (χ1n) is 7.62. The SMILES string of the molecule is CCC1C(=O)NC(C2CC2)C(=O)N1Cc1ccc(C)nc1. The monoisotopic (exact) mass is 287 g/mol. The number of carbonyl (C=O) groups excluding carboxylic acids is 2. The maximum Gasteiger partial charge on any atom is 0.246 e. The molecule has 2 unspecified atom stereocenters. The van der Waals surface area contributed by atoms with Crippen LogP contribution in [0.3, 0.4) is 0 Å². The Bertz CT molecular complexity index is 551. The highest BCUT2D eigenvalue weighted by Gasteiger charge is 2.46.